The maximum atomic E-state index is 12.9. The van der Waals surface area contributed by atoms with E-state index in [1.807, 2.05) is 0 Å². The second kappa shape index (κ2) is 10.6. The summed E-state index contributed by atoms with van der Waals surface area (Å²) in [6.45, 7) is 0.287. The molecule has 1 aliphatic rings. The van der Waals surface area contributed by atoms with E-state index < -0.39 is 10.8 Å². The van der Waals surface area contributed by atoms with Crippen LogP contribution >= 0.6 is 23.4 Å². The Hall–Kier alpha value is -3.82. The third kappa shape index (κ3) is 5.64. The first-order valence-electron chi connectivity index (χ1n) is 10.4. The number of ether oxygens (including phenoxy) is 2. The van der Waals surface area contributed by atoms with Crippen molar-refractivity contribution >= 4 is 46.3 Å². The van der Waals surface area contributed by atoms with Crippen LogP contribution in [0, 0.1) is 10.1 Å². The SMILES string of the molecule is COc1cc(/C=C2\SC(=O)N(Cc3ccccc3Cl)C2=O)ccc1OCc1ccc([N+](=O)[O-])cc1. The first-order chi connectivity index (χ1) is 16.9. The number of benzene rings is 3. The van der Waals surface area contributed by atoms with Crippen LogP contribution in [-0.2, 0) is 17.9 Å². The quantitative estimate of drug-likeness (QED) is 0.206. The van der Waals surface area contributed by atoms with Crippen LogP contribution in [0.1, 0.15) is 16.7 Å². The Morgan fingerprint density at radius 3 is 2.49 bits per heavy atom. The van der Waals surface area contributed by atoms with E-state index in [1.165, 1.54) is 19.2 Å². The van der Waals surface area contributed by atoms with Gasteiger partial charge in [0.15, 0.2) is 11.5 Å². The molecule has 1 heterocycles. The number of hydrogen-bond acceptors (Lipinski definition) is 7. The first kappa shape index (κ1) is 24.3. The van der Waals surface area contributed by atoms with Gasteiger partial charge in [-0.3, -0.25) is 24.6 Å². The van der Waals surface area contributed by atoms with Gasteiger partial charge in [-0.25, -0.2) is 0 Å². The second-order valence-electron chi connectivity index (χ2n) is 7.48. The molecule has 0 unspecified atom stereocenters. The van der Waals surface area contributed by atoms with E-state index in [1.54, 1.807) is 60.7 Å². The molecule has 8 nitrogen and oxygen atoms in total. The van der Waals surface area contributed by atoms with Gasteiger partial charge < -0.3 is 9.47 Å². The molecule has 1 saturated heterocycles. The van der Waals surface area contributed by atoms with Gasteiger partial charge in [-0.05, 0) is 64.9 Å². The number of nitro groups is 1. The van der Waals surface area contributed by atoms with Crippen molar-refractivity contribution in [2.45, 2.75) is 13.2 Å². The Kier molecular flexibility index (Phi) is 7.38. The molecule has 1 aliphatic heterocycles. The van der Waals surface area contributed by atoms with Crippen molar-refractivity contribution in [2.24, 2.45) is 0 Å². The third-order valence-electron chi connectivity index (χ3n) is 5.19. The predicted octanol–water partition coefficient (Wildman–Crippen LogP) is 6.07. The van der Waals surface area contributed by atoms with Crippen molar-refractivity contribution in [3.8, 4) is 11.5 Å². The standard InChI is InChI=1S/C25H19ClN2O6S/c1-33-22-12-17(8-11-21(22)34-15-16-6-9-19(10-7-16)28(31)32)13-23-24(29)27(25(30)35-23)14-18-4-2-3-5-20(18)26/h2-13H,14-15H2,1H3/b23-13-. The van der Waals surface area contributed by atoms with E-state index in [-0.39, 0.29) is 24.1 Å². The maximum absolute atomic E-state index is 12.9. The number of nitrogens with zero attached hydrogens (tertiary/aromatic N) is 2. The minimum Gasteiger partial charge on any atom is -0.493 e. The van der Waals surface area contributed by atoms with E-state index in [2.05, 4.69) is 0 Å². The van der Waals surface area contributed by atoms with Crippen LogP contribution < -0.4 is 9.47 Å². The molecular formula is C25H19ClN2O6S. The van der Waals surface area contributed by atoms with Crippen LogP contribution in [0.15, 0.2) is 71.6 Å². The number of nitro benzene ring substituents is 1. The normalized spacial score (nSPS) is 14.5. The van der Waals surface area contributed by atoms with E-state index in [9.17, 15) is 19.7 Å². The van der Waals surface area contributed by atoms with E-state index in [4.69, 9.17) is 21.1 Å². The highest BCUT2D eigenvalue weighted by atomic mass is 35.5. The maximum Gasteiger partial charge on any atom is 0.293 e. The van der Waals surface area contributed by atoms with Crippen molar-refractivity contribution in [3.63, 3.8) is 0 Å². The summed E-state index contributed by atoms with van der Waals surface area (Å²) in [6, 6.07) is 18.3. The van der Waals surface area contributed by atoms with Gasteiger partial charge in [-0.2, -0.15) is 0 Å². The Balaban J connectivity index is 1.47. The summed E-state index contributed by atoms with van der Waals surface area (Å²) in [6.07, 6.45) is 1.63. The fraction of sp³-hybridized carbons (Fsp3) is 0.120. The molecule has 0 atom stereocenters. The predicted molar refractivity (Wildman–Crippen MR) is 133 cm³/mol. The summed E-state index contributed by atoms with van der Waals surface area (Å²) in [7, 11) is 1.50. The number of carbonyl (C=O) groups is 2. The summed E-state index contributed by atoms with van der Waals surface area (Å²) in [5.74, 6) is 0.517. The minimum atomic E-state index is -0.460. The van der Waals surface area contributed by atoms with Gasteiger partial charge in [0.05, 0.1) is 23.5 Å². The number of halogens is 1. The monoisotopic (exact) mass is 510 g/mol. The lowest BCUT2D eigenvalue weighted by Crippen LogP contribution is -2.27. The van der Waals surface area contributed by atoms with Crippen molar-refractivity contribution in [3.05, 3.63) is 103 Å². The van der Waals surface area contributed by atoms with E-state index >= 15 is 0 Å². The summed E-state index contributed by atoms with van der Waals surface area (Å²) < 4.78 is 11.2. The summed E-state index contributed by atoms with van der Waals surface area (Å²) in [5.41, 5.74) is 2.11. The number of carbonyl (C=O) groups excluding carboxylic acids is 2. The first-order valence-corrected chi connectivity index (χ1v) is 11.6. The molecule has 0 radical (unpaired) electrons. The summed E-state index contributed by atoms with van der Waals surface area (Å²) >= 11 is 7.04. The number of imide groups is 1. The fourth-order valence-electron chi connectivity index (χ4n) is 3.35. The lowest BCUT2D eigenvalue weighted by Gasteiger charge is -2.13. The fourth-order valence-corrected chi connectivity index (χ4v) is 4.39. The van der Waals surface area contributed by atoms with Crippen molar-refractivity contribution < 1.29 is 24.0 Å². The molecule has 3 aromatic carbocycles. The number of hydrogen-bond donors (Lipinski definition) is 0. The lowest BCUT2D eigenvalue weighted by molar-refractivity contribution is -0.384. The highest BCUT2D eigenvalue weighted by molar-refractivity contribution is 8.18. The van der Waals surface area contributed by atoms with Gasteiger partial charge in [-0.1, -0.05) is 35.9 Å². The summed E-state index contributed by atoms with van der Waals surface area (Å²) in [4.78, 5) is 37.1. The van der Waals surface area contributed by atoms with Crippen LogP contribution in [0.3, 0.4) is 0 Å². The highest BCUT2D eigenvalue weighted by Gasteiger charge is 2.35. The van der Waals surface area contributed by atoms with Crippen LogP contribution in [0.5, 0.6) is 11.5 Å². The molecule has 0 aliphatic carbocycles. The van der Waals surface area contributed by atoms with Crippen LogP contribution in [0.25, 0.3) is 6.08 Å². The zero-order valence-electron chi connectivity index (χ0n) is 18.5. The topological polar surface area (TPSA) is 99.0 Å². The Labute approximate surface area is 210 Å². The average Bonchev–Trinajstić information content (AvgIpc) is 3.11. The van der Waals surface area contributed by atoms with Gasteiger partial charge in [0.1, 0.15) is 6.61 Å². The number of non-ortho nitro benzene ring substituents is 1. The third-order valence-corrected chi connectivity index (χ3v) is 6.46. The summed E-state index contributed by atoms with van der Waals surface area (Å²) in [5, 5.41) is 10.9. The molecule has 35 heavy (non-hydrogen) atoms. The zero-order chi connectivity index (χ0) is 24.9. The number of amides is 2. The molecule has 0 aromatic heterocycles. The van der Waals surface area contributed by atoms with E-state index in [0.29, 0.717) is 32.6 Å². The molecule has 0 bridgehead atoms. The van der Waals surface area contributed by atoms with Crippen molar-refractivity contribution in [2.75, 3.05) is 7.11 Å². The number of thioether (sulfide) groups is 1. The molecule has 0 N–H and O–H groups in total. The molecule has 1 fully saturated rings. The van der Waals surface area contributed by atoms with Crippen molar-refractivity contribution in [1.29, 1.82) is 0 Å². The molecule has 2 amide bonds. The second-order valence-corrected chi connectivity index (χ2v) is 8.88. The van der Waals surface area contributed by atoms with Crippen LogP contribution in [0.2, 0.25) is 5.02 Å². The molecule has 178 valence electrons. The van der Waals surface area contributed by atoms with Gasteiger partial charge in [0, 0.05) is 17.2 Å². The molecule has 4 rings (SSSR count). The molecule has 10 heteroatoms. The number of methoxy groups -OCH3 is 1. The molecule has 0 spiro atoms. The van der Waals surface area contributed by atoms with Crippen LogP contribution in [-0.4, -0.2) is 28.1 Å². The molecule has 3 aromatic rings. The zero-order valence-corrected chi connectivity index (χ0v) is 20.0. The Morgan fingerprint density at radius 2 is 1.80 bits per heavy atom. The van der Waals surface area contributed by atoms with Gasteiger partial charge >= 0.3 is 0 Å². The van der Waals surface area contributed by atoms with Gasteiger partial charge in [-0.15, -0.1) is 0 Å². The van der Waals surface area contributed by atoms with Crippen LogP contribution in [0.4, 0.5) is 10.5 Å². The van der Waals surface area contributed by atoms with Gasteiger partial charge in [0.2, 0.25) is 0 Å². The Bertz CT molecular complexity index is 1330. The van der Waals surface area contributed by atoms with Gasteiger partial charge in [0.25, 0.3) is 16.8 Å². The minimum absolute atomic E-state index is 0.00645. The average molecular weight is 511 g/mol. The molecular weight excluding hydrogens is 492 g/mol. The number of rotatable bonds is 8. The lowest BCUT2D eigenvalue weighted by atomic mass is 10.1. The van der Waals surface area contributed by atoms with E-state index in [0.717, 1.165) is 22.2 Å². The largest absolute Gasteiger partial charge is 0.493 e. The molecule has 0 saturated carbocycles. The highest BCUT2D eigenvalue weighted by Crippen LogP contribution is 2.36. The van der Waals surface area contributed by atoms with Crippen molar-refractivity contribution in [1.82, 2.24) is 4.90 Å². The smallest absolute Gasteiger partial charge is 0.293 e. The Morgan fingerprint density at radius 1 is 1.06 bits per heavy atom.